The molecule has 1 heterocycles. The molecule has 28 heavy (non-hydrogen) atoms. The first-order valence-corrected chi connectivity index (χ1v) is 9.36. The number of hydrogen-bond donors (Lipinski definition) is 2. The molecule has 2 N–H and O–H groups in total. The molecule has 0 saturated heterocycles. The number of aryl methyl sites for hydroxylation is 1. The predicted octanol–water partition coefficient (Wildman–Crippen LogP) is 4.11. The molecule has 0 spiro atoms. The third-order valence-corrected chi connectivity index (χ3v) is 4.24. The predicted molar refractivity (Wildman–Crippen MR) is 126 cm³/mol. The molecule has 6 heteroatoms. The first-order chi connectivity index (χ1) is 13.2. The summed E-state index contributed by atoms with van der Waals surface area (Å²) in [6.45, 7) is 7.17. The average molecular weight is 489 g/mol. The van der Waals surface area contributed by atoms with Gasteiger partial charge in [0.25, 0.3) is 0 Å². The second kappa shape index (κ2) is 11.5. The molecule has 3 aromatic rings. The van der Waals surface area contributed by atoms with Crippen molar-refractivity contribution >= 4 is 29.9 Å². The Labute approximate surface area is 184 Å². The van der Waals surface area contributed by atoms with Gasteiger partial charge < -0.3 is 10.6 Å². The van der Waals surface area contributed by atoms with Crippen molar-refractivity contribution in [1.29, 1.82) is 0 Å². The second-order valence-corrected chi connectivity index (χ2v) is 6.56. The van der Waals surface area contributed by atoms with Gasteiger partial charge in [-0.25, -0.2) is 4.99 Å². The molecule has 2 aromatic carbocycles. The minimum Gasteiger partial charge on any atom is -0.357 e. The number of nitrogens with one attached hydrogen (secondary N) is 2. The lowest BCUT2D eigenvalue weighted by Crippen LogP contribution is -2.36. The Kier molecular flexibility index (Phi) is 9.00. The van der Waals surface area contributed by atoms with Gasteiger partial charge in [-0.3, -0.25) is 4.68 Å². The molecule has 0 aliphatic heterocycles. The molecule has 0 amide bonds. The second-order valence-electron chi connectivity index (χ2n) is 6.56. The molecule has 0 saturated carbocycles. The van der Waals surface area contributed by atoms with Gasteiger partial charge in [0.2, 0.25) is 0 Å². The van der Waals surface area contributed by atoms with Gasteiger partial charge >= 0.3 is 0 Å². The summed E-state index contributed by atoms with van der Waals surface area (Å²) in [6, 6.07) is 19.0. The molecule has 1 aromatic heterocycles. The summed E-state index contributed by atoms with van der Waals surface area (Å²) in [6.07, 6.45) is 3.78. The van der Waals surface area contributed by atoms with Crippen molar-refractivity contribution in [1.82, 2.24) is 20.4 Å². The van der Waals surface area contributed by atoms with Gasteiger partial charge in [0.05, 0.1) is 13.1 Å². The SMILES string of the molecule is CCNC(=NCc1cccc(Cn2cccn2)c1)NCc1ccc(C)cc1.I. The molecular formula is C22H28IN5. The summed E-state index contributed by atoms with van der Waals surface area (Å²) < 4.78 is 1.93. The highest BCUT2D eigenvalue weighted by molar-refractivity contribution is 14.0. The van der Waals surface area contributed by atoms with Crippen LogP contribution in [-0.4, -0.2) is 22.3 Å². The van der Waals surface area contributed by atoms with Crippen molar-refractivity contribution in [3.05, 3.63) is 89.2 Å². The van der Waals surface area contributed by atoms with Crippen molar-refractivity contribution in [2.45, 2.75) is 33.5 Å². The number of aromatic nitrogens is 2. The van der Waals surface area contributed by atoms with Gasteiger partial charge in [0, 0.05) is 25.5 Å². The van der Waals surface area contributed by atoms with Gasteiger partial charge in [-0.05, 0) is 36.6 Å². The Hall–Kier alpha value is -2.35. The van der Waals surface area contributed by atoms with Gasteiger partial charge in [-0.15, -0.1) is 24.0 Å². The van der Waals surface area contributed by atoms with E-state index in [9.17, 15) is 0 Å². The number of hydrogen-bond acceptors (Lipinski definition) is 2. The summed E-state index contributed by atoms with van der Waals surface area (Å²) in [5.41, 5.74) is 4.93. The van der Waals surface area contributed by atoms with Crippen molar-refractivity contribution in [3.63, 3.8) is 0 Å². The molecule has 148 valence electrons. The number of rotatable bonds is 7. The van der Waals surface area contributed by atoms with Crippen LogP contribution in [0.3, 0.4) is 0 Å². The molecule has 0 atom stereocenters. The highest BCUT2D eigenvalue weighted by Gasteiger charge is 2.01. The van der Waals surface area contributed by atoms with Crippen LogP contribution in [0, 0.1) is 6.92 Å². The minimum absolute atomic E-state index is 0. The third-order valence-electron chi connectivity index (χ3n) is 4.24. The summed E-state index contributed by atoms with van der Waals surface area (Å²) >= 11 is 0. The van der Waals surface area contributed by atoms with Crippen molar-refractivity contribution in [2.75, 3.05) is 6.54 Å². The first-order valence-electron chi connectivity index (χ1n) is 9.36. The van der Waals surface area contributed by atoms with E-state index in [1.165, 1.54) is 22.3 Å². The van der Waals surface area contributed by atoms with E-state index in [4.69, 9.17) is 4.99 Å². The van der Waals surface area contributed by atoms with Crippen molar-refractivity contribution in [2.24, 2.45) is 4.99 Å². The van der Waals surface area contributed by atoms with Crippen LogP contribution in [0.5, 0.6) is 0 Å². The topological polar surface area (TPSA) is 54.2 Å². The smallest absolute Gasteiger partial charge is 0.191 e. The number of guanidine groups is 1. The van der Waals surface area contributed by atoms with Crippen molar-refractivity contribution in [3.8, 4) is 0 Å². The zero-order valence-electron chi connectivity index (χ0n) is 16.4. The zero-order chi connectivity index (χ0) is 18.9. The number of nitrogens with zero attached hydrogens (tertiary/aromatic N) is 3. The molecule has 0 aliphatic rings. The fourth-order valence-corrected chi connectivity index (χ4v) is 2.81. The van der Waals surface area contributed by atoms with E-state index < -0.39 is 0 Å². The lowest BCUT2D eigenvalue weighted by atomic mass is 10.1. The van der Waals surface area contributed by atoms with Crippen LogP contribution in [0.1, 0.15) is 29.2 Å². The van der Waals surface area contributed by atoms with Crippen LogP contribution >= 0.6 is 24.0 Å². The Morgan fingerprint density at radius 3 is 2.50 bits per heavy atom. The Bertz CT molecular complexity index is 857. The molecule has 0 unspecified atom stereocenters. The highest BCUT2D eigenvalue weighted by atomic mass is 127. The zero-order valence-corrected chi connectivity index (χ0v) is 18.8. The fraction of sp³-hybridized carbons (Fsp3) is 0.273. The summed E-state index contributed by atoms with van der Waals surface area (Å²) in [4.78, 5) is 4.73. The third kappa shape index (κ3) is 6.99. The number of aliphatic imine (C=N–C) groups is 1. The quantitative estimate of drug-likeness (QED) is 0.299. The van der Waals surface area contributed by atoms with Crippen LogP contribution in [0.25, 0.3) is 0 Å². The monoisotopic (exact) mass is 489 g/mol. The van der Waals surface area contributed by atoms with Crippen LogP contribution in [0.15, 0.2) is 72.0 Å². The number of benzene rings is 2. The molecule has 3 rings (SSSR count). The van der Waals surface area contributed by atoms with Gasteiger partial charge in [0.15, 0.2) is 5.96 Å². The maximum absolute atomic E-state index is 4.73. The number of halogens is 1. The maximum Gasteiger partial charge on any atom is 0.191 e. The Morgan fingerprint density at radius 2 is 1.79 bits per heavy atom. The standard InChI is InChI=1S/C22H27N5.HI/c1-3-23-22(24-15-19-10-8-18(2)9-11-19)25-16-20-6-4-7-21(14-20)17-27-13-5-12-26-27;/h4-14H,3,15-17H2,1-2H3,(H2,23,24,25);1H. The van der Waals surface area contributed by atoms with Gasteiger partial charge in [-0.2, -0.15) is 5.10 Å². The van der Waals surface area contributed by atoms with E-state index in [-0.39, 0.29) is 24.0 Å². The fourth-order valence-electron chi connectivity index (χ4n) is 2.81. The molecule has 5 nitrogen and oxygen atoms in total. The van der Waals surface area contributed by atoms with Gasteiger partial charge in [0.1, 0.15) is 0 Å². The van der Waals surface area contributed by atoms with E-state index >= 15 is 0 Å². The highest BCUT2D eigenvalue weighted by Crippen LogP contribution is 2.08. The lowest BCUT2D eigenvalue weighted by Gasteiger charge is -2.12. The van der Waals surface area contributed by atoms with Crippen molar-refractivity contribution < 1.29 is 0 Å². The molecule has 0 radical (unpaired) electrons. The van der Waals surface area contributed by atoms with E-state index in [2.05, 4.69) is 78.1 Å². The van der Waals surface area contributed by atoms with Crippen LogP contribution < -0.4 is 10.6 Å². The van der Waals surface area contributed by atoms with E-state index in [1.54, 1.807) is 6.20 Å². The summed E-state index contributed by atoms with van der Waals surface area (Å²) in [7, 11) is 0. The minimum atomic E-state index is 0. The van der Waals surface area contributed by atoms with Crippen LogP contribution in [0.2, 0.25) is 0 Å². The first kappa shape index (κ1) is 21.9. The van der Waals surface area contributed by atoms with E-state index in [0.29, 0.717) is 6.54 Å². The Morgan fingerprint density at radius 1 is 1.00 bits per heavy atom. The van der Waals surface area contributed by atoms with E-state index in [1.807, 2.05) is 16.9 Å². The normalized spacial score (nSPS) is 11.0. The Balaban J connectivity index is 0.00000280. The molecule has 0 bridgehead atoms. The molecule has 0 fully saturated rings. The largest absolute Gasteiger partial charge is 0.357 e. The van der Waals surface area contributed by atoms with Gasteiger partial charge in [-0.1, -0.05) is 54.1 Å². The lowest BCUT2D eigenvalue weighted by molar-refractivity contribution is 0.686. The summed E-state index contributed by atoms with van der Waals surface area (Å²) in [5, 5.41) is 11.0. The average Bonchev–Trinajstić information content (AvgIpc) is 3.18. The molecule has 0 aliphatic carbocycles. The molecular weight excluding hydrogens is 461 g/mol. The van der Waals surface area contributed by atoms with Crippen LogP contribution in [-0.2, 0) is 19.6 Å². The summed E-state index contributed by atoms with van der Waals surface area (Å²) in [5.74, 6) is 0.829. The van der Waals surface area contributed by atoms with Crippen LogP contribution in [0.4, 0.5) is 0 Å². The maximum atomic E-state index is 4.73. The van der Waals surface area contributed by atoms with E-state index in [0.717, 1.165) is 25.6 Å².